The molecular formula is C29H26ClN5O2. The van der Waals surface area contributed by atoms with E-state index in [4.69, 9.17) is 31.1 Å². The third-order valence-corrected chi connectivity index (χ3v) is 6.97. The SMILES string of the molecule is COc1ccc2nc3cc(Nc4cccnc4OC)c(=NC4CCC4)cc-3n(-c3ccc(Cl)cc3)c2c1. The summed E-state index contributed by atoms with van der Waals surface area (Å²) in [4.78, 5) is 14.5. The van der Waals surface area contributed by atoms with Crippen molar-refractivity contribution in [2.24, 2.45) is 4.99 Å². The number of ether oxygens (including phenoxy) is 2. The number of anilines is 2. The fourth-order valence-electron chi connectivity index (χ4n) is 4.58. The van der Waals surface area contributed by atoms with Gasteiger partial charge < -0.3 is 19.4 Å². The van der Waals surface area contributed by atoms with Crippen molar-refractivity contribution in [2.75, 3.05) is 19.5 Å². The van der Waals surface area contributed by atoms with Gasteiger partial charge in [-0.1, -0.05) is 11.6 Å². The number of hydrogen-bond acceptors (Lipinski definition) is 6. The predicted molar refractivity (Wildman–Crippen MR) is 147 cm³/mol. The molecule has 0 spiro atoms. The van der Waals surface area contributed by atoms with Gasteiger partial charge >= 0.3 is 0 Å². The van der Waals surface area contributed by atoms with Crippen molar-refractivity contribution in [2.45, 2.75) is 25.3 Å². The molecule has 2 heterocycles. The van der Waals surface area contributed by atoms with Crippen LogP contribution in [0.1, 0.15) is 19.3 Å². The van der Waals surface area contributed by atoms with Gasteiger partial charge in [0.1, 0.15) is 11.4 Å². The highest BCUT2D eigenvalue weighted by Crippen LogP contribution is 2.33. The summed E-state index contributed by atoms with van der Waals surface area (Å²) >= 11 is 6.23. The van der Waals surface area contributed by atoms with Crippen LogP contribution in [0.3, 0.4) is 0 Å². The molecule has 0 atom stereocenters. The molecule has 6 rings (SSSR count). The number of methoxy groups -OCH3 is 2. The largest absolute Gasteiger partial charge is 0.497 e. The normalized spacial score (nSPS) is 14.1. The van der Waals surface area contributed by atoms with Crippen LogP contribution in [0.5, 0.6) is 11.6 Å². The molecule has 0 amide bonds. The Hall–Kier alpha value is -4.10. The summed E-state index contributed by atoms with van der Waals surface area (Å²) in [5.74, 6) is 1.28. The van der Waals surface area contributed by atoms with Gasteiger partial charge in [0.25, 0.3) is 0 Å². The fraction of sp³-hybridized carbons (Fsp3) is 0.207. The van der Waals surface area contributed by atoms with E-state index < -0.39 is 0 Å². The predicted octanol–water partition coefficient (Wildman–Crippen LogP) is 6.39. The van der Waals surface area contributed by atoms with Crippen LogP contribution in [0, 0.1) is 0 Å². The Morgan fingerprint density at radius 2 is 1.81 bits per heavy atom. The van der Waals surface area contributed by atoms with Gasteiger partial charge in [0.2, 0.25) is 5.88 Å². The van der Waals surface area contributed by atoms with Crippen molar-refractivity contribution >= 4 is 34.0 Å². The summed E-state index contributed by atoms with van der Waals surface area (Å²) in [6, 6.07) is 22.0. The van der Waals surface area contributed by atoms with Crippen molar-refractivity contribution in [3.05, 3.63) is 83.3 Å². The minimum Gasteiger partial charge on any atom is -0.497 e. The van der Waals surface area contributed by atoms with Crippen LogP contribution >= 0.6 is 11.6 Å². The van der Waals surface area contributed by atoms with E-state index >= 15 is 0 Å². The molecule has 3 aromatic rings. The molecule has 0 saturated heterocycles. The van der Waals surface area contributed by atoms with E-state index in [-0.39, 0.29) is 0 Å². The standard InChI is InChI=1S/C29H26ClN5O2/c1-36-21-12-13-22-27(15-21)35(20-10-8-18(30)9-11-20)28-17-25(32-19-5-3-6-19)24(16-26(28)33-22)34-23-7-4-14-31-29(23)37-2/h4,7-17,19,34H,3,5-6H2,1-2H3. The molecule has 1 fully saturated rings. The molecule has 1 aromatic heterocycles. The second kappa shape index (κ2) is 9.75. The molecule has 0 bridgehead atoms. The molecule has 2 aromatic carbocycles. The Kier molecular flexibility index (Phi) is 6.14. The van der Waals surface area contributed by atoms with Gasteiger partial charge in [-0.3, -0.25) is 4.99 Å². The topological polar surface area (TPSA) is 73.6 Å². The summed E-state index contributed by atoms with van der Waals surface area (Å²) < 4.78 is 13.2. The summed E-state index contributed by atoms with van der Waals surface area (Å²) in [6.07, 6.45) is 5.11. The molecule has 8 heteroatoms. The van der Waals surface area contributed by atoms with Crippen LogP contribution in [0.4, 0.5) is 11.4 Å². The number of nitrogens with one attached hydrogen (secondary N) is 1. The first-order valence-electron chi connectivity index (χ1n) is 12.2. The molecule has 0 radical (unpaired) electrons. The molecule has 2 aliphatic carbocycles. The van der Waals surface area contributed by atoms with Crippen LogP contribution in [-0.2, 0) is 0 Å². The Morgan fingerprint density at radius 3 is 2.54 bits per heavy atom. The Balaban J connectivity index is 1.64. The fourth-order valence-corrected chi connectivity index (χ4v) is 4.71. The lowest BCUT2D eigenvalue weighted by atomic mass is 9.94. The lowest BCUT2D eigenvalue weighted by Crippen LogP contribution is -2.22. The second-order valence-electron chi connectivity index (χ2n) is 9.04. The van der Waals surface area contributed by atoms with Gasteiger partial charge in [0, 0.05) is 23.0 Å². The molecule has 1 aliphatic heterocycles. The van der Waals surface area contributed by atoms with E-state index in [1.165, 1.54) is 6.42 Å². The first kappa shape index (κ1) is 23.3. The van der Waals surface area contributed by atoms with Crippen molar-refractivity contribution in [1.82, 2.24) is 14.5 Å². The lowest BCUT2D eigenvalue weighted by molar-refractivity contribution is 0.400. The third-order valence-electron chi connectivity index (χ3n) is 6.71. The van der Waals surface area contributed by atoms with E-state index in [0.717, 1.165) is 63.4 Å². The quantitative estimate of drug-likeness (QED) is 0.267. The molecule has 0 unspecified atom stereocenters. The summed E-state index contributed by atoms with van der Waals surface area (Å²) in [6.45, 7) is 0. The Morgan fingerprint density at radius 1 is 0.973 bits per heavy atom. The first-order valence-corrected chi connectivity index (χ1v) is 12.6. The minimum atomic E-state index is 0.311. The molecule has 186 valence electrons. The minimum absolute atomic E-state index is 0.311. The molecule has 1 N–H and O–H groups in total. The van der Waals surface area contributed by atoms with Crippen molar-refractivity contribution in [3.8, 4) is 28.7 Å². The van der Waals surface area contributed by atoms with Gasteiger partial charge in [-0.25, -0.2) is 9.97 Å². The average molecular weight is 512 g/mol. The number of halogens is 1. The maximum Gasteiger partial charge on any atom is 0.237 e. The van der Waals surface area contributed by atoms with Crippen LogP contribution in [0.2, 0.25) is 5.02 Å². The van der Waals surface area contributed by atoms with Crippen LogP contribution in [-0.4, -0.2) is 34.8 Å². The van der Waals surface area contributed by atoms with Crippen LogP contribution in [0.15, 0.2) is 77.9 Å². The highest BCUT2D eigenvalue weighted by molar-refractivity contribution is 6.30. The molecular weight excluding hydrogens is 486 g/mol. The number of nitrogens with zero attached hydrogens (tertiary/aromatic N) is 4. The molecule has 7 nitrogen and oxygen atoms in total. The van der Waals surface area contributed by atoms with Gasteiger partial charge in [-0.05, 0) is 79.9 Å². The Bertz CT molecular complexity index is 1630. The number of pyridine rings is 1. The number of aromatic nitrogens is 3. The van der Waals surface area contributed by atoms with E-state index in [1.54, 1.807) is 20.4 Å². The number of fused-ring (bicyclic) bond motifs is 2. The lowest BCUT2D eigenvalue weighted by Gasteiger charge is -2.23. The number of benzene rings is 3. The zero-order valence-corrected chi connectivity index (χ0v) is 21.4. The monoisotopic (exact) mass is 511 g/mol. The highest BCUT2D eigenvalue weighted by Gasteiger charge is 2.20. The van der Waals surface area contributed by atoms with E-state index in [2.05, 4.69) is 27.0 Å². The zero-order valence-electron chi connectivity index (χ0n) is 20.6. The molecule has 37 heavy (non-hydrogen) atoms. The zero-order chi connectivity index (χ0) is 25.4. The first-order chi connectivity index (χ1) is 18.1. The number of rotatable bonds is 6. The average Bonchev–Trinajstić information content (AvgIpc) is 2.90. The van der Waals surface area contributed by atoms with Gasteiger partial charge in [0.15, 0.2) is 0 Å². The van der Waals surface area contributed by atoms with Gasteiger partial charge in [-0.2, -0.15) is 0 Å². The smallest absolute Gasteiger partial charge is 0.237 e. The van der Waals surface area contributed by atoms with E-state index in [9.17, 15) is 0 Å². The summed E-state index contributed by atoms with van der Waals surface area (Å²) in [5, 5.41) is 5.06. The molecule has 3 aliphatic rings. The van der Waals surface area contributed by atoms with Crippen molar-refractivity contribution < 1.29 is 9.47 Å². The summed E-state index contributed by atoms with van der Waals surface area (Å²) in [7, 11) is 3.28. The van der Waals surface area contributed by atoms with Crippen molar-refractivity contribution in [3.63, 3.8) is 0 Å². The highest BCUT2D eigenvalue weighted by atomic mass is 35.5. The summed E-state index contributed by atoms with van der Waals surface area (Å²) in [5.41, 5.74) is 6.13. The maximum atomic E-state index is 6.23. The van der Waals surface area contributed by atoms with Gasteiger partial charge in [-0.15, -0.1) is 0 Å². The van der Waals surface area contributed by atoms with Gasteiger partial charge in [0.05, 0.1) is 53.7 Å². The molecule has 1 saturated carbocycles. The van der Waals surface area contributed by atoms with Crippen molar-refractivity contribution in [1.29, 1.82) is 0 Å². The Labute approximate surface area is 219 Å². The van der Waals surface area contributed by atoms with Crippen LogP contribution in [0.25, 0.3) is 28.1 Å². The number of hydrogen-bond donors (Lipinski definition) is 1. The van der Waals surface area contributed by atoms with E-state index in [0.29, 0.717) is 16.9 Å². The van der Waals surface area contributed by atoms with Crippen LogP contribution < -0.4 is 20.1 Å². The second-order valence-corrected chi connectivity index (χ2v) is 9.47. The van der Waals surface area contributed by atoms with E-state index in [1.807, 2.05) is 54.6 Å². The maximum absolute atomic E-state index is 6.23. The third kappa shape index (κ3) is 4.47.